The molecule has 1 atom stereocenters. The Hall–Kier alpha value is -1.63. The number of methoxy groups -OCH3 is 1. The number of phenols is 1. The van der Waals surface area contributed by atoms with E-state index in [2.05, 4.69) is 0 Å². The number of carbonyl (C=O) groups excluding carboxylic acids is 1. The van der Waals surface area contributed by atoms with Crippen LogP contribution in [-0.2, 0) is 25.4 Å². The lowest BCUT2D eigenvalue weighted by molar-refractivity contribution is -0.145. The molecule has 0 bridgehead atoms. The number of aromatic hydroxyl groups is 1. The van der Waals surface area contributed by atoms with Crippen molar-refractivity contribution >= 4 is 5.97 Å². The van der Waals surface area contributed by atoms with Crippen LogP contribution in [0.15, 0.2) is 24.3 Å². The number of nitrogens with two attached hydrogens (primary N) is 1. The summed E-state index contributed by atoms with van der Waals surface area (Å²) in [6, 6.07) is 5.87. The first-order valence-corrected chi connectivity index (χ1v) is 6.90. The monoisotopic (exact) mass is 297 g/mol. The van der Waals surface area contributed by atoms with Gasteiger partial charge in [0.25, 0.3) is 0 Å². The molecule has 1 rings (SSSR count). The van der Waals surface area contributed by atoms with Crippen LogP contribution in [0.5, 0.6) is 5.75 Å². The molecule has 0 saturated heterocycles. The van der Waals surface area contributed by atoms with Crippen LogP contribution in [-0.4, -0.2) is 50.7 Å². The van der Waals surface area contributed by atoms with Gasteiger partial charge in [-0.05, 0) is 24.1 Å². The Morgan fingerprint density at radius 3 is 2.57 bits per heavy atom. The Balaban J connectivity index is 2.15. The first kappa shape index (κ1) is 17.4. The van der Waals surface area contributed by atoms with Crippen molar-refractivity contribution in [3.63, 3.8) is 0 Å². The minimum atomic E-state index is -0.705. The Labute approximate surface area is 124 Å². The van der Waals surface area contributed by atoms with Gasteiger partial charge in [-0.1, -0.05) is 12.1 Å². The van der Waals surface area contributed by atoms with Crippen molar-refractivity contribution in [2.24, 2.45) is 5.73 Å². The van der Waals surface area contributed by atoms with Crippen LogP contribution in [0.1, 0.15) is 12.0 Å². The summed E-state index contributed by atoms with van der Waals surface area (Å²) in [6.07, 6.45) is 1.00. The maximum atomic E-state index is 11.7. The second kappa shape index (κ2) is 10.1. The largest absolute Gasteiger partial charge is 0.508 e. The molecule has 118 valence electrons. The van der Waals surface area contributed by atoms with Crippen LogP contribution in [0.25, 0.3) is 0 Å². The Bertz CT molecular complexity index is 407. The third kappa shape index (κ3) is 7.65. The van der Waals surface area contributed by atoms with Crippen molar-refractivity contribution < 1.29 is 24.1 Å². The van der Waals surface area contributed by atoms with E-state index >= 15 is 0 Å². The minimum absolute atomic E-state index is 0.184. The van der Waals surface area contributed by atoms with Crippen LogP contribution in [0.3, 0.4) is 0 Å². The van der Waals surface area contributed by atoms with E-state index in [1.54, 1.807) is 31.4 Å². The normalized spacial score (nSPS) is 12.1. The van der Waals surface area contributed by atoms with Gasteiger partial charge in [0.15, 0.2) is 0 Å². The summed E-state index contributed by atoms with van der Waals surface area (Å²) in [4.78, 5) is 11.7. The van der Waals surface area contributed by atoms with E-state index < -0.39 is 12.0 Å². The molecule has 0 aliphatic rings. The van der Waals surface area contributed by atoms with Crippen molar-refractivity contribution in [2.75, 3.05) is 33.5 Å². The predicted octanol–water partition coefficient (Wildman–Crippen LogP) is 0.858. The average molecular weight is 297 g/mol. The number of hydrogen-bond acceptors (Lipinski definition) is 6. The predicted molar refractivity (Wildman–Crippen MR) is 78.1 cm³/mol. The van der Waals surface area contributed by atoms with Crippen LogP contribution >= 0.6 is 0 Å². The summed E-state index contributed by atoms with van der Waals surface area (Å²) in [7, 11) is 1.61. The van der Waals surface area contributed by atoms with E-state index in [4.69, 9.17) is 19.9 Å². The molecular formula is C15H23NO5. The van der Waals surface area contributed by atoms with Gasteiger partial charge in [0, 0.05) is 20.1 Å². The van der Waals surface area contributed by atoms with Gasteiger partial charge >= 0.3 is 5.97 Å². The summed E-state index contributed by atoms with van der Waals surface area (Å²) in [6.45, 7) is 1.89. The van der Waals surface area contributed by atoms with Gasteiger partial charge in [-0.2, -0.15) is 0 Å². The van der Waals surface area contributed by atoms with Crippen molar-refractivity contribution in [2.45, 2.75) is 18.9 Å². The lowest BCUT2D eigenvalue weighted by Crippen LogP contribution is -2.34. The summed E-state index contributed by atoms with van der Waals surface area (Å²) in [5.41, 5.74) is 6.66. The smallest absolute Gasteiger partial charge is 0.323 e. The number of esters is 1. The number of carbonyl (C=O) groups is 1. The lowest BCUT2D eigenvalue weighted by atomic mass is 10.1. The fourth-order valence-electron chi connectivity index (χ4n) is 1.65. The SMILES string of the molecule is COCCOCCCOC(=O)[C@@H](N)Cc1ccc(O)cc1. The standard InChI is InChI=1S/C15H23NO5/c1-19-9-10-20-7-2-8-21-15(18)14(16)11-12-3-5-13(17)6-4-12/h3-6,14,17H,2,7-11,16H2,1H3/t14-/m0/s1. The highest BCUT2D eigenvalue weighted by Gasteiger charge is 2.15. The van der Waals surface area contributed by atoms with Gasteiger partial charge in [-0.25, -0.2) is 0 Å². The zero-order valence-corrected chi connectivity index (χ0v) is 12.3. The molecule has 0 amide bonds. The second-order valence-corrected chi connectivity index (χ2v) is 4.60. The van der Waals surface area contributed by atoms with Crippen molar-refractivity contribution in [1.29, 1.82) is 0 Å². The molecule has 0 saturated carbocycles. The fourth-order valence-corrected chi connectivity index (χ4v) is 1.65. The minimum Gasteiger partial charge on any atom is -0.508 e. The number of benzene rings is 1. The second-order valence-electron chi connectivity index (χ2n) is 4.60. The van der Waals surface area contributed by atoms with Gasteiger partial charge in [0.2, 0.25) is 0 Å². The summed E-state index contributed by atoms with van der Waals surface area (Å²) >= 11 is 0. The van der Waals surface area contributed by atoms with E-state index in [9.17, 15) is 9.90 Å². The van der Waals surface area contributed by atoms with Crippen LogP contribution < -0.4 is 5.73 Å². The summed E-state index contributed by atoms with van der Waals surface area (Å²) in [5, 5.41) is 9.18. The van der Waals surface area contributed by atoms with E-state index in [1.165, 1.54) is 0 Å². The molecule has 0 aliphatic heterocycles. The number of hydrogen-bond donors (Lipinski definition) is 2. The molecule has 0 spiro atoms. The van der Waals surface area contributed by atoms with Crippen molar-refractivity contribution in [3.8, 4) is 5.75 Å². The first-order chi connectivity index (χ1) is 10.1. The van der Waals surface area contributed by atoms with Crippen LogP contribution in [0.4, 0.5) is 0 Å². The van der Waals surface area contributed by atoms with Crippen molar-refractivity contribution in [3.05, 3.63) is 29.8 Å². The van der Waals surface area contributed by atoms with Crippen molar-refractivity contribution in [1.82, 2.24) is 0 Å². The first-order valence-electron chi connectivity index (χ1n) is 6.90. The summed E-state index contributed by atoms with van der Waals surface area (Å²) < 4.78 is 15.2. The van der Waals surface area contributed by atoms with Gasteiger partial charge < -0.3 is 25.1 Å². The highest BCUT2D eigenvalue weighted by Crippen LogP contribution is 2.11. The third-order valence-corrected chi connectivity index (χ3v) is 2.80. The Morgan fingerprint density at radius 1 is 1.19 bits per heavy atom. The Kier molecular flexibility index (Phi) is 8.42. The lowest BCUT2D eigenvalue weighted by Gasteiger charge is -2.11. The number of ether oxygens (including phenoxy) is 3. The zero-order chi connectivity index (χ0) is 15.5. The summed E-state index contributed by atoms with van der Waals surface area (Å²) in [5.74, 6) is -0.247. The molecule has 0 heterocycles. The number of rotatable bonds is 10. The van der Waals surface area contributed by atoms with E-state index in [0.717, 1.165) is 5.56 Å². The van der Waals surface area contributed by atoms with Crippen LogP contribution in [0, 0.1) is 0 Å². The molecular weight excluding hydrogens is 274 g/mol. The quantitative estimate of drug-likeness (QED) is 0.491. The highest BCUT2D eigenvalue weighted by atomic mass is 16.5. The molecule has 0 unspecified atom stereocenters. The topological polar surface area (TPSA) is 91.0 Å². The maximum Gasteiger partial charge on any atom is 0.323 e. The van der Waals surface area contributed by atoms with E-state index in [0.29, 0.717) is 32.7 Å². The van der Waals surface area contributed by atoms with Gasteiger partial charge in [0.05, 0.1) is 19.8 Å². The molecule has 3 N–H and O–H groups in total. The van der Waals surface area contributed by atoms with Gasteiger partial charge in [0.1, 0.15) is 11.8 Å². The Morgan fingerprint density at radius 2 is 1.90 bits per heavy atom. The molecule has 1 aromatic rings. The van der Waals surface area contributed by atoms with Gasteiger partial charge in [-0.3, -0.25) is 4.79 Å². The third-order valence-electron chi connectivity index (χ3n) is 2.80. The molecule has 0 radical (unpaired) electrons. The molecule has 21 heavy (non-hydrogen) atoms. The molecule has 6 nitrogen and oxygen atoms in total. The van der Waals surface area contributed by atoms with E-state index in [1.807, 2.05) is 0 Å². The van der Waals surface area contributed by atoms with Gasteiger partial charge in [-0.15, -0.1) is 0 Å². The molecule has 0 aliphatic carbocycles. The molecule has 6 heteroatoms. The van der Waals surface area contributed by atoms with E-state index in [-0.39, 0.29) is 12.4 Å². The highest BCUT2D eigenvalue weighted by molar-refractivity contribution is 5.75. The average Bonchev–Trinajstić information content (AvgIpc) is 2.48. The molecule has 0 fully saturated rings. The number of phenolic OH excluding ortho intramolecular Hbond substituents is 1. The maximum absolute atomic E-state index is 11.7. The molecule has 0 aromatic heterocycles. The molecule has 1 aromatic carbocycles. The zero-order valence-electron chi connectivity index (χ0n) is 12.3. The fraction of sp³-hybridized carbons (Fsp3) is 0.533. The van der Waals surface area contributed by atoms with Crippen LogP contribution in [0.2, 0.25) is 0 Å².